The summed E-state index contributed by atoms with van der Waals surface area (Å²) in [4.78, 5) is 24.8. The fraction of sp³-hybridized carbons (Fsp3) is 0.100. The highest BCUT2D eigenvalue weighted by atomic mass is 35.5. The average Bonchev–Trinajstić information content (AvgIpc) is 3.20. The van der Waals surface area contributed by atoms with Gasteiger partial charge in [-0.2, -0.15) is 0 Å². The summed E-state index contributed by atoms with van der Waals surface area (Å²) in [6.07, 6.45) is 1.56. The number of amides is 1. The number of carbonyl (C=O) groups excluding carboxylic acids is 2. The van der Waals surface area contributed by atoms with Crippen LogP contribution in [-0.2, 0) is 11.3 Å². The van der Waals surface area contributed by atoms with Crippen molar-refractivity contribution in [1.29, 1.82) is 0 Å². The Balaban J connectivity index is 1.88. The van der Waals surface area contributed by atoms with E-state index in [2.05, 4.69) is 10.6 Å². The lowest BCUT2D eigenvalue weighted by atomic mass is 10.1. The molecule has 3 aromatic rings. The summed E-state index contributed by atoms with van der Waals surface area (Å²) in [5.74, 6) is -0.316. The molecule has 1 heterocycles. The minimum atomic E-state index is -0.581. The molecule has 27 heavy (non-hydrogen) atoms. The van der Waals surface area contributed by atoms with Gasteiger partial charge in [0, 0.05) is 5.69 Å². The maximum Gasteiger partial charge on any atom is 0.339 e. The Kier molecular flexibility index (Phi) is 5.78. The minimum Gasteiger partial charge on any atom is -0.467 e. The number of esters is 1. The van der Waals surface area contributed by atoms with Crippen LogP contribution in [0.25, 0.3) is 0 Å². The average molecular weight is 385 g/mol. The van der Waals surface area contributed by atoms with Gasteiger partial charge in [0.25, 0.3) is 5.91 Å². The molecule has 138 valence electrons. The van der Waals surface area contributed by atoms with Crippen LogP contribution in [0.3, 0.4) is 0 Å². The summed E-state index contributed by atoms with van der Waals surface area (Å²) >= 11 is 6.29. The molecule has 0 saturated heterocycles. The van der Waals surface area contributed by atoms with Crippen LogP contribution in [0.4, 0.5) is 11.4 Å². The number of halogens is 1. The van der Waals surface area contributed by atoms with E-state index in [0.29, 0.717) is 23.7 Å². The zero-order chi connectivity index (χ0) is 19.2. The number of benzene rings is 2. The lowest BCUT2D eigenvalue weighted by Crippen LogP contribution is -2.15. The van der Waals surface area contributed by atoms with E-state index in [1.807, 2.05) is 6.07 Å². The van der Waals surface area contributed by atoms with Crippen molar-refractivity contribution in [3.63, 3.8) is 0 Å². The Morgan fingerprint density at radius 3 is 2.52 bits per heavy atom. The van der Waals surface area contributed by atoms with E-state index in [1.54, 1.807) is 42.7 Å². The molecule has 0 spiro atoms. The third kappa shape index (κ3) is 4.48. The molecule has 0 fully saturated rings. The number of anilines is 2. The molecule has 6 nitrogen and oxygen atoms in total. The molecule has 2 N–H and O–H groups in total. The van der Waals surface area contributed by atoms with Crippen molar-refractivity contribution >= 4 is 34.9 Å². The van der Waals surface area contributed by atoms with Gasteiger partial charge >= 0.3 is 5.97 Å². The number of hydrogen-bond acceptors (Lipinski definition) is 5. The molecule has 0 saturated carbocycles. The van der Waals surface area contributed by atoms with Gasteiger partial charge < -0.3 is 19.8 Å². The van der Waals surface area contributed by atoms with Gasteiger partial charge in [0.1, 0.15) is 5.76 Å². The summed E-state index contributed by atoms with van der Waals surface area (Å²) in [5, 5.41) is 6.03. The first-order chi connectivity index (χ1) is 13.1. The SMILES string of the molecule is COC(=O)c1cc(C(=O)Nc2ccccc2)c(Cl)cc1NCc1ccco1. The van der Waals surface area contributed by atoms with E-state index in [-0.39, 0.29) is 16.1 Å². The number of methoxy groups -OCH3 is 1. The first-order valence-electron chi connectivity index (χ1n) is 8.13. The third-order valence-electron chi connectivity index (χ3n) is 3.82. The minimum absolute atomic E-state index is 0.171. The predicted octanol–water partition coefficient (Wildman–Crippen LogP) is 4.58. The molecule has 1 aromatic heterocycles. The zero-order valence-corrected chi connectivity index (χ0v) is 15.2. The second kappa shape index (κ2) is 8.42. The molecule has 0 aliphatic heterocycles. The molecular weight excluding hydrogens is 368 g/mol. The molecule has 2 aromatic carbocycles. The van der Waals surface area contributed by atoms with Crippen LogP contribution >= 0.6 is 11.6 Å². The second-order valence-electron chi connectivity index (χ2n) is 5.62. The maximum atomic E-state index is 12.6. The van der Waals surface area contributed by atoms with E-state index < -0.39 is 11.9 Å². The monoisotopic (exact) mass is 384 g/mol. The Morgan fingerprint density at radius 1 is 1.07 bits per heavy atom. The van der Waals surface area contributed by atoms with E-state index in [9.17, 15) is 9.59 Å². The van der Waals surface area contributed by atoms with Crippen molar-refractivity contribution in [2.75, 3.05) is 17.7 Å². The summed E-state index contributed by atoms with van der Waals surface area (Å²) in [6, 6.07) is 15.5. The summed E-state index contributed by atoms with van der Waals surface area (Å²) in [6.45, 7) is 0.350. The Morgan fingerprint density at radius 2 is 1.85 bits per heavy atom. The maximum absolute atomic E-state index is 12.6. The summed E-state index contributed by atoms with van der Waals surface area (Å²) < 4.78 is 10.1. The quantitative estimate of drug-likeness (QED) is 0.608. The van der Waals surface area contributed by atoms with E-state index >= 15 is 0 Å². The predicted molar refractivity (Wildman–Crippen MR) is 103 cm³/mol. The van der Waals surface area contributed by atoms with Crippen LogP contribution in [0.2, 0.25) is 5.02 Å². The Labute approximate surface area is 161 Å². The van der Waals surface area contributed by atoms with E-state index in [1.165, 1.54) is 19.2 Å². The molecular formula is C20H17ClN2O4. The molecule has 0 bridgehead atoms. The Hall–Kier alpha value is -3.25. The highest BCUT2D eigenvalue weighted by Gasteiger charge is 2.19. The van der Waals surface area contributed by atoms with Crippen LogP contribution in [0.1, 0.15) is 26.5 Å². The molecule has 7 heteroatoms. The molecule has 0 unspecified atom stereocenters. The Bertz CT molecular complexity index is 940. The third-order valence-corrected chi connectivity index (χ3v) is 4.13. The van der Waals surface area contributed by atoms with Crippen molar-refractivity contribution < 1.29 is 18.7 Å². The van der Waals surface area contributed by atoms with E-state index in [4.69, 9.17) is 20.8 Å². The van der Waals surface area contributed by atoms with Crippen molar-refractivity contribution in [1.82, 2.24) is 0 Å². The first kappa shape index (κ1) is 18.5. The van der Waals surface area contributed by atoms with Gasteiger partial charge in [-0.25, -0.2) is 4.79 Å². The number of nitrogens with one attached hydrogen (secondary N) is 2. The number of furan rings is 1. The largest absolute Gasteiger partial charge is 0.467 e. The molecule has 3 rings (SSSR count). The topological polar surface area (TPSA) is 80.6 Å². The van der Waals surface area contributed by atoms with Gasteiger partial charge in [0.15, 0.2) is 0 Å². The fourth-order valence-electron chi connectivity index (χ4n) is 2.49. The van der Waals surface area contributed by atoms with Crippen LogP contribution in [-0.4, -0.2) is 19.0 Å². The van der Waals surface area contributed by atoms with Crippen LogP contribution in [0, 0.1) is 0 Å². The highest BCUT2D eigenvalue weighted by molar-refractivity contribution is 6.35. The van der Waals surface area contributed by atoms with Gasteiger partial charge in [-0.1, -0.05) is 29.8 Å². The standard InChI is InChI=1S/C20H17ClN2O4/c1-26-20(25)16-10-15(19(24)23-13-6-3-2-4-7-13)17(21)11-18(16)22-12-14-8-5-9-27-14/h2-11,22H,12H2,1H3,(H,23,24). The van der Waals surface area contributed by atoms with Gasteiger partial charge in [0.2, 0.25) is 0 Å². The number of rotatable bonds is 6. The normalized spacial score (nSPS) is 10.3. The van der Waals surface area contributed by atoms with Crippen molar-refractivity contribution in [2.45, 2.75) is 6.54 Å². The van der Waals surface area contributed by atoms with Crippen LogP contribution < -0.4 is 10.6 Å². The van der Waals surface area contributed by atoms with Gasteiger partial charge in [-0.15, -0.1) is 0 Å². The van der Waals surface area contributed by atoms with Crippen LogP contribution in [0.15, 0.2) is 65.3 Å². The van der Waals surface area contributed by atoms with Gasteiger partial charge in [-0.3, -0.25) is 4.79 Å². The van der Waals surface area contributed by atoms with Crippen molar-refractivity contribution in [3.8, 4) is 0 Å². The lowest BCUT2D eigenvalue weighted by molar-refractivity contribution is 0.0602. The van der Waals surface area contributed by atoms with Crippen LogP contribution in [0.5, 0.6) is 0 Å². The second-order valence-corrected chi connectivity index (χ2v) is 6.03. The van der Waals surface area contributed by atoms with Gasteiger partial charge in [-0.05, 0) is 36.4 Å². The number of ether oxygens (including phenoxy) is 1. The van der Waals surface area contributed by atoms with Gasteiger partial charge in [0.05, 0.1) is 41.8 Å². The molecule has 0 aliphatic rings. The summed E-state index contributed by atoms with van der Waals surface area (Å²) in [7, 11) is 1.27. The number of carbonyl (C=O) groups is 2. The van der Waals surface area contributed by atoms with Crippen molar-refractivity contribution in [3.05, 3.63) is 82.8 Å². The summed E-state index contributed by atoms with van der Waals surface area (Å²) in [5.41, 5.74) is 1.44. The number of hydrogen-bond donors (Lipinski definition) is 2. The molecule has 1 amide bonds. The van der Waals surface area contributed by atoms with E-state index in [0.717, 1.165) is 0 Å². The molecule has 0 atom stereocenters. The smallest absolute Gasteiger partial charge is 0.339 e. The molecule has 0 radical (unpaired) electrons. The molecule has 0 aliphatic carbocycles. The highest BCUT2D eigenvalue weighted by Crippen LogP contribution is 2.27. The lowest BCUT2D eigenvalue weighted by Gasteiger charge is -2.14. The van der Waals surface area contributed by atoms with Crippen molar-refractivity contribution in [2.24, 2.45) is 0 Å². The fourth-order valence-corrected chi connectivity index (χ4v) is 2.74. The zero-order valence-electron chi connectivity index (χ0n) is 14.5. The number of para-hydroxylation sites is 1. The first-order valence-corrected chi connectivity index (χ1v) is 8.51.